The fraction of sp³-hybridized carbons (Fsp3) is 0.467. The normalized spacial score (nSPS) is 21.8. The summed E-state index contributed by atoms with van der Waals surface area (Å²) in [6.07, 6.45) is 0.734. The van der Waals surface area contributed by atoms with Crippen molar-refractivity contribution in [3.05, 3.63) is 35.4 Å². The first-order valence-corrected chi connectivity index (χ1v) is 6.34. The van der Waals surface area contributed by atoms with Crippen molar-refractivity contribution < 1.29 is 19.4 Å². The largest absolute Gasteiger partial charge is 0.478 e. The van der Waals surface area contributed by atoms with Crippen molar-refractivity contribution in [3.8, 4) is 0 Å². The number of rotatable bonds is 3. The summed E-state index contributed by atoms with van der Waals surface area (Å²) in [5.41, 5.74) is 0.677. The van der Waals surface area contributed by atoms with E-state index in [2.05, 4.69) is 0 Å². The van der Waals surface area contributed by atoms with Gasteiger partial charge >= 0.3 is 11.9 Å². The van der Waals surface area contributed by atoms with Crippen LogP contribution in [0, 0.1) is 5.92 Å². The topological polar surface area (TPSA) is 63.6 Å². The number of benzene rings is 1. The van der Waals surface area contributed by atoms with Gasteiger partial charge in [0.2, 0.25) is 0 Å². The fourth-order valence-corrected chi connectivity index (χ4v) is 2.10. The van der Waals surface area contributed by atoms with Crippen LogP contribution in [-0.2, 0) is 9.53 Å². The van der Waals surface area contributed by atoms with Crippen molar-refractivity contribution in [1.29, 1.82) is 0 Å². The van der Waals surface area contributed by atoms with Crippen molar-refractivity contribution in [3.63, 3.8) is 0 Å². The number of hydrogen-bond acceptors (Lipinski definition) is 3. The molecule has 0 heterocycles. The van der Waals surface area contributed by atoms with Crippen molar-refractivity contribution in [2.75, 3.05) is 0 Å². The van der Waals surface area contributed by atoms with Crippen LogP contribution in [0.2, 0.25) is 0 Å². The number of carbonyl (C=O) groups is 2. The molecule has 19 heavy (non-hydrogen) atoms. The molecule has 0 spiro atoms. The third-order valence-electron chi connectivity index (χ3n) is 3.06. The molecule has 2 unspecified atom stereocenters. The van der Waals surface area contributed by atoms with E-state index in [-0.39, 0.29) is 23.4 Å². The molecule has 1 aliphatic carbocycles. The summed E-state index contributed by atoms with van der Waals surface area (Å²) >= 11 is 0. The third kappa shape index (κ3) is 3.34. The molecule has 102 valence electrons. The Kier molecular flexibility index (Phi) is 3.35. The van der Waals surface area contributed by atoms with Crippen LogP contribution >= 0.6 is 0 Å². The molecule has 1 aromatic carbocycles. The minimum absolute atomic E-state index is 0.0918. The number of carbonyl (C=O) groups excluding carboxylic acids is 1. The predicted molar refractivity (Wildman–Crippen MR) is 70.1 cm³/mol. The van der Waals surface area contributed by atoms with E-state index in [0.717, 1.165) is 12.0 Å². The van der Waals surface area contributed by atoms with E-state index in [4.69, 9.17) is 9.84 Å². The first-order valence-electron chi connectivity index (χ1n) is 6.34. The lowest BCUT2D eigenvalue weighted by Gasteiger charge is -2.19. The summed E-state index contributed by atoms with van der Waals surface area (Å²) in [6, 6.07) is 6.76. The zero-order valence-corrected chi connectivity index (χ0v) is 11.3. The summed E-state index contributed by atoms with van der Waals surface area (Å²) in [5.74, 6) is -1.19. The Morgan fingerprint density at radius 3 is 2.58 bits per heavy atom. The maximum absolute atomic E-state index is 11.9. The highest BCUT2D eigenvalue weighted by Crippen LogP contribution is 2.48. The van der Waals surface area contributed by atoms with Crippen molar-refractivity contribution in [2.45, 2.75) is 38.7 Å². The van der Waals surface area contributed by atoms with Crippen molar-refractivity contribution in [1.82, 2.24) is 0 Å². The molecule has 2 atom stereocenters. The molecule has 1 aliphatic rings. The van der Waals surface area contributed by atoms with Crippen molar-refractivity contribution >= 4 is 11.9 Å². The Bertz CT molecular complexity index is 513. The molecule has 1 N–H and O–H groups in total. The van der Waals surface area contributed by atoms with Gasteiger partial charge in [0.15, 0.2) is 0 Å². The second kappa shape index (κ2) is 4.68. The average Bonchev–Trinajstić information content (AvgIpc) is 3.06. The van der Waals surface area contributed by atoms with Gasteiger partial charge in [0.1, 0.15) is 5.60 Å². The maximum atomic E-state index is 11.9. The van der Waals surface area contributed by atoms with Crippen LogP contribution in [0.4, 0.5) is 0 Å². The second-order valence-electron chi connectivity index (χ2n) is 5.91. The molecule has 4 nitrogen and oxygen atoms in total. The third-order valence-corrected chi connectivity index (χ3v) is 3.06. The first kappa shape index (κ1) is 13.6. The molecular weight excluding hydrogens is 244 g/mol. The molecule has 0 radical (unpaired) electrons. The van der Waals surface area contributed by atoms with Crippen LogP contribution < -0.4 is 0 Å². The van der Waals surface area contributed by atoms with Gasteiger partial charge in [-0.3, -0.25) is 4.79 Å². The van der Waals surface area contributed by atoms with Crippen LogP contribution in [0.15, 0.2) is 24.3 Å². The van der Waals surface area contributed by atoms with Gasteiger partial charge in [0, 0.05) is 0 Å². The smallest absolute Gasteiger partial charge is 0.335 e. The molecule has 0 aromatic heterocycles. The highest BCUT2D eigenvalue weighted by molar-refractivity contribution is 5.88. The number of carboxylic acids is 1. The number of carboxylic acid groups (broad SMARTS) is 1. The van der Waals surface area contributed by atoms with Gasteiger partial charge in [-0.15, -0.1) is 0 Å². The highest BCUT2D eigenvalue weighted by atomic mass is 16.6. The van der Waals surface area contributed by atoms with Crippen molar-refractivity contribution in [2.24, 2.45) is 5.92 Å². The Hall–Kier alpha value is -1.84. The van der Waals surface area contributed by atoms with Crippen LogP contribution in [0.5, 0.6) is 0 Å². The Labute approximate surface area is 112 Å². The van der Waals surface area contributed by atoms with E-state index in [1.54, 1.807) is 18.2 Å². The zero-order chi connectivity index (χ0) is 14.2. The second-order valence-corrected chi connectivity index (χ2v) is 5.91. The summed E-state index contributed by atoms with van der Waals surface area (Å²) in [7, 11) is 0. The highest BCUT2D eigenvalue weighted by Gasteiger charge is 2.46. The molecule has 1 saturated carbocycles. The van der Waals surface area contributed by atoms with Crippen LogP contribution in [-0.4, -0.2) is 22.6 Å². The van der Waals surface area contributed by atoms with E-state index in [9.17, 15) is 9.59 Å². The molecule has 2 rings (SSSR count). The number of esters is 1. The molecule has 0 aliphatic heterocycles. The van der Waals surface area contributed by atoms with Gasteiger partial charge in [0.25, 0.3) is 0 Å². The summed E-state index contributed by atoms with van der Waals surface area (Å²) in [6.45, 7) is 5.52. The summed E-state index contributed by atoms with van der Waals surface area (Å²) in [5, 5.41) is 8.95. The zero-order valence-electron chi connectivity index (χ0n) is 11.3. The Morgan fingerprint density at radius 1 is 1.32 bits per heavy atom. The molecule has 1 aromatic rings. The van der Waals surface area contributed by atoms with Gasteiger partial charge < -0.3 is 9.84 Å². The quantitative estimate of drug-likeness (QED) is 0.851. The minimum atomic E-state index is -0.948. The minimum Gasteiger partial charge on any atom is -0.478 e. The molecule has 0 bridgehead atoms. The van der Waals surface area contributed by atoms with E-state index < -0.39 is 11.6 Å². The van der Waals surface area contributed by atoms with Crippen LogP contribution in [0.1, 0.15) is 49.0 Å². The van der Waals surface area contributed by atoms with Gasteiger partial charge in [-0.1, -0.05) is 12.1 Å². The van der Waals surface area contributed by atoms with Crippen LogP contribution in [0.3, 0.4) is 0 Å². The standard InChI is InChI=1S/C15H18O4/c1-15(2,3)19-14(18)12-8-11(12)9-5-4-6-10(7-9)13(16)17/h4-7,11-12H,8H2,1-3H3,(H,16,17). The summed E-state index contributed by atoms with van der Waals surface area (Å²) in [4.78, 5) is 22.8. The van der Waals surface area contributed by atoms with E-state index in [1.165, 1.54) is 0 Å². The lowest BCUT2D eigenvalue weighted by molar-refractivity contribution is -0.156. The SMILES string of the molecule is CC(C)(C)OC(=O)C1CC1c1cccc(C(=O)O)c1. The van der Waals surface area contributed by atoms with Crippen LogP contribution in [0.25, 0.3) is 0 Å². The molecule has 1 fully saturated rings. The number of aromatic carboxylic acids is 1. The lowest BCUT2D eigenvalue weighted by atomic mass is 10.1. The Balaban J connectivity index is 2.05. The van der Waals surface area contributed by atoms with Gasteiger partial charge in [0.05, 0.1) is 11.5 Å². The molecular formula is C15H18O4. The van der Waals surface area contributed by atoms with E-state index in [1.807, 2.05) is 26.8 Å². The van der Waals surface area contributed by atoms with Gasteiger partial charge in [-0.2, -0.15) is 0 Å². The monoisotopic (exact) mass is 262 g/mol. The molecule has 4 heteroatoms. The number of hydrogen-bond donors (Lipinski definition) is 1. The number of ether oxygens (including phenoxy) is 1. The van der Waals surface area contributed by atoms with Gasteiger partial charge in [-0.05, 0) is 50.8 Å². The average molecular weight is 262 g/mol. The van der Waals surface area contributed by atoms with E-state index >= 15 is 0 Å². The van der Waals surface area contributed by atoms with Gasteiger partial charge in [-0.25, -0.2) is 4.79 Å². The lowest BCUT2D eigenvalue weighted by Crippen LogP contribution is -2.25. The summed E-state index contributed by atoms with van der Waals surface area (Å²) < 4.78 is 5.34. The predicted octanol–water partition coefficient (Wildman–Crippen LogP) is 2.83. The molecule has 0 amide bonds. The molecule has 0 saturated heterocycles. The first-order chi connectivity index (χ1) is 8.78. The van der Waals surface area contributed by atoms with E-state index in [0.29, 0.717) is 0 Å². The fourth-order valence-electron chi connectivity index (χ4n) is 2.10. The Morgan fingerprint density at radius 2 is 2.00 bits per heavy atom. The maximum Gasteiger partial charge on any atom is 0.335 e.